The molecule has 0 saturated heterocycles. The summed E-state index contributed by atoms with van der Waals surface area (Å²) in [5.41, 5.74) is -1.30. The molecule has 7 heteroatoms. The lowest BCUT2D eigenvalue weighted by molar-refractivity contribution is -0.384. The summed E-state index contributed by atoms with van der Waals surface area (Å²) in [6, 6.07) is 5.31. The molecule has 0 spiro atoms. The van der Waals surface area contributed by atoms with Gasteiger partial charge in [-0.05, 0) is 56.1 Å². The highest BCUT2D eigenvalue weighted by Crippen LogP contribution is 2.63. The van der Waals surface area contributed by atoms with Crippen molar-refractivity contribution in [3.63, 3.8) is 0 Å². The van der Waals surface area contributed by atoms with E-state index in [1.165, 1.54) is 24.3 Å². The van der Waals surface area contributed by atoms with Gasteiger partial charge >= 0.3 is 11.9 Å². The van der Waals surface area contributed by atoms with Gasteiger partial charge in [0.15, 0.2) is 0 Å². The number of benzene rings is 1. The molecule has 0 heterocycles. The maximum Gasteiger partial charge on any atom is 0.338 e. The fourth-order valence-electron chi connectivity index (χ4n) is 5.52. The van der Waals surface area contributed by atoms with E-state index in [9.17, 15) is 24.8 Å². The van der Waals surface area contributed by atoms with E-state index in [1.807, 2.05) is 0 Å². The number of rotatable bonds is 4. The third-order valence-electron chi connectivity index (χ3n) is 6.08. The molecular weight excluding hydrogens is 326 g/mol. The van der Waals surface area contributed by atoms with Gasteiger partial charge in [-0.1, -0.05) is 0 Å². The highest BCUT2D eigenvalue weighted by molar-refractivity contribution is 5.90. The summed E-state index contributed by atoms with van der Waals surface area (Å²) in [7, 11) is 0. The van der Waals surface area contributed by atoms with Crippen molar-refractivity contribution in [3.05, 3.63) is 39.9 Å². The number of hydrogen-bond acceptors (Lipinski definition) is 5. The molecule has 4 fully saturated rings. The largest absolute Gasteiger partial charge is 0.481 e. The predicted molar refractivity (Wildman–Crippen MR) is 86.0 cm³/mol. The molecule has 4 aliphatic rings. The van der Waals surface area contributed by atoms with Crippen molar-refractivity contribution >= 4 is 17.6 Å². The van der Waals surface area contributed by atoms with Crippen molar-refractivity contribution in [2.24, 2.45) is 17.3 Å². The number of ether oxygens (including phenoxy) is 1. The van der Waals surface area contributed by atoms with E-state index in [-0.39, 0.29) is 11.3 Å². The van der Waals surface area contributed by atoms with Gasteiger partial charge in [0.25, 0.3) is 5.69 Å². The fourth-order valence-corrected chi connectivity index (χ4v) is 5.52. The second kappa shape index (κ2) is 5.28. The van der Waals surface area contributed by atoms with Crippen LogP contribution in [0.5, 0.6) is 0 Å². The molecule has 1 N–H and O–H groups in total. The Hall–Kier alpha value is -2.44. The predicted octanol–water partition coefficient (Wildman–Crippen LogP) is 3.18. The molecule has 4 aliphatic carbocycles. The van der Waals surface area contributed by atoms with Crippen LogP contribution in [0.25, 0.3) is 0 Å². The highest BCUT2D eigenvalue weighted by atomic mass is 16.6. The molecule has 25 heavy (non-hydrogen) atoms. The first-order chi connectivity index (χ1) is 11.8. The fraction of sp³-hybridized carbons (Fsp3) is 0.556. The van der Waals surface area contributed by atoms with Gasteiger partial charge in [-0.25, -0.2) is 4.79 Å². The minimum Gasteiger partial charge on any atom is -0.481 e. The van der Waals surface area contributed by atoms with Crippen LogP contribution in [0.4, 0.5) is 5.69 Å². The number of hydrogen-bond donors (Lipinski definition) is 1. The molecule has 0 radical (unpaired) electrons. The lowest BCUT2D eigenvalue weighted by Gasteiger charge is -2.59. The third-order valence-corrected chi connectivity index (χ3v) is 6.08. The SMILES string of the molecule is O=C(OC12CC3CC(C1)CC(C(=O)O)(C3)C2)c1ccc([N+](=O)[O-])cc1. The number of aliphatic carboxylic acids is 1. The summed E-state index contributed by atoms with van der Waals surface area (Å²) in [4.78, 5) is 34.6. The lowest BCUT2D eigenvalue weighted by Crippen LogP contribution is -2.59. The van der Waals surface area contributed by atoms with Gasteiger partial charge in [0.2, 0.25) is 0 Å². The maximum absolute atomic E-state index is 12.5. The second-order valence-electron chi connectivity index (χ2n) is 7.92. The van der Waals surface area contributed by atoms with Crippen molar-refractivity contribution in [1.29, 1.82) is 0 Å². The Balaban J connectivity index is 1.56. The Labute approximate surface area is 144 Å². The summed E-state index contributed by atoms with van der Waals surface area (Å²) in [6.45, 7) is 0. The van der Waals surface area contributed by atoms with Crippen LogP contribution in [-0.2, 0) is 9.53 Å². The van der Waals surface area contributed by atoms with Crippen LogP contribution < -0.4 is 0 Å². The number of carbonyl (C=O) groups is 2. The number of nitro groups is 1. The van der Waals surface area contributed by atoms with Crippen molar-refractivity contribution in [2.75, 3.05) is 0 Å². The minimum atomic E-state index is -0.780. The summed E-state index contributed by atoms with van der Waals surface area (Å²) in [5.74, 6) is -0.723. The van der Waals surface area contributed by atoms with Crippen LogP contribution in [0.1, 0.15) is 48.9 Å². The first-order valence-corrected chi connectivity index (χ1v) is 8.52. The van der Waals surface area contributed by atoms with Gasteiger partial charge in [-0.15, -0.1) is 0 Å². The third kappa shape index (κ3) is 2.58. The molecule has 0 aliphatic heterocycles. The normalized spacial score (nSPS) is 35.4. The number of carboxylic acids is 1. The molecule has 0 amide bonds. The molecule has 5 rings (SSSR count). The molecular formula is C18H19NO6. The summed E-state index contributed by atoms with van der Waals surface area (Å²) in [6.07, 6.45) is 4.19. The summed E-state index contributed by atoms with van der Waals surface area (Å²) < 4.78 is 5.84. The number of non-ortho nitro benzene ring substituents is 1. The zero-order chi connectivity index (χ0) is 17.8. The van der Waals surface area contributed by atoms with E-state index >= 15 is 0 Å². The second-order valence-corrected chi connectivity index (χ2v) is 7.92. The Bertz CT molecular complexity index is 741. The lowest BCUT2D eigenvalue weighted by atomic mass is 9.48. The summed E-state index contributed by atoms with van der Waals surface area (Å²) in [5, 5.41) is 20.4. The van der Waals surface area contributed by atoms with Crippen LogP contribution in [0.15, 0.2) is 24.3 Å². The molecule has 7 nitrogen and oxygen atoms in total. The number of carboxylic acid groups (broad SMARTS) is 1. The standard InChI is InChI=1S/C18H19NO6/c20-15(13-1-3-14(4-2-13)19(23)24)25-18-8-11-5-12(9-18)7-17(6-11,10-18)16(21)22/h1-4,11-12H,5-10H2,(H,21,22). The van der Waals surface area contributed by atoms with E-state index in [2.05, 4.69) is 0 Å². The Morgan fingerprint density at radius 1 is 1.12 bits per heavy atom. The monoisotopic (exact) mass is 345 g/mol. The molecule has 0 aromatic heterocycles. The van der Waals surface area contributed by atoms with Gasteiger partial charge < -0.3 is 9.84 Å². The molecule has 132 valence electrons. The smallest absolute Gasteiger partial charge is 0.338 e. The zero-order valence-electron chi connectivity index (χ0n) is 13.6. The molecule has 4 saturated carbocycles. The van der Waals surface area contributed by atoms with Gasteiger partial charge in [0, 0.05) is 18.6 Å². The number of nitro benzene ring substituents is 1. The zero-order valence-corrected chi connectivity index (χ0v) is 13.6. The van der Waals surface area contributed by atoms with Crippen molar-refractivity contribution in [3.8, 4) is 0 Å². The quantitative estimate of drug-likeness (QED) is 0.510. The average molecular weight is 345 g/mol. The topological polar surface area (TPSA) is 107 Å². The summed E-state index contributed by atoms with van der Waals surface area (Å²) >= 11 is 0. The van der Waals surface area contributed by atoms with Crippen molar-refractivity contribution in [1.82, 2.24) is 0 Å². The van der Waals surface area contributed by atoms with E-state index < -0.39 is 27.9 Å². The molecule has 2 atom stereocenters. The Morgan fingerprint density at radius 3 is 2.24 bits per heavy atom. The van der Waals surface area contributed by atoms with E-state index in [1.54, 1.807) is 0 Å². The van der Waals surface area contributed by atoms with Gasteiger partial charge in [-0.2, -0.15) is 0 Å². The Morgan fingerprint density at radius 2 is 1.72 bits per heavy atom. The van der Waals surface area contributed by atoms with Crippen LogP contribution in [0.2, 0.25) is 0 Å². The Kier molecular flexibility index (Phi) is 3.39. The number of esters is 1. The first-order valence-electron chi connectivity index (χ1n) is 8.52. The molecule has 1 aromatic carbocycles. The average Bonchev–Trinajstić information content (AvgIpc) is 2.53. The van der Waals surface area contributed by atoms with Crippen molar-refractivity contribution in [2.45, 2.75) is 44.1 Å². The van der Waals surface area contributed by atoms with Gasteiger partial charge in [0.1, 0.15) is 5.60 Å². The molecule has 1 aromatic rings. The molecule has 4 bridgehead atoms. The van der Waals surface area contributed by atoms with Crippen LogP contribution >= 0.6 is 0 Å². The van der Waals surface area contributed by atoms with Crippen LogP contribution in [0.3, 0.4) is 0 Å². The van der Waals surface area contributed by atoms with Gasteiger partial charge in [0.05, 0.1) is 15.9 Å². The van der Waals surface area contributed by atoms with Gasteiger partial charge in [-0.3, -0.25) is 14.9 Å². The number of carbonyl (C=O) groups excluding carboxylic acids is 1. The highest BCUT2D eigenvalue weighted by Gasteiger charge is 2.62. The van der Waals surface area contributed by atoms with E-state index in [0.717, 1.165) is 19.3 Å². The van der Waals surface area contributed by atoms with Crippen molar-refractivity contribution < 1.29 is 24.4 Å². The first kappa shape index (κ1) is 16.1. The molecule has 2 unspecified atom stereocenters. The minimum absolute atomic E-state index is 0.0869. The van der Waals surface area contributed by atoms with Crippen LogP contribution in [-0.4, -0.2) is 27.6 Å². The maximum atomic E-state index is 12.5. The number of nitrogens with zero attached hydrogens (tertiary/aromatic N) is 1. The van der Waals surface area contributed by atoms with Crippen LogP contribution in [0, 0.1) is 27.4 Å². The van der Waals surface area contributed by atoms with E-state index in [4.69, 9.17) is 4.74 Å². The van der Waals surface area contributed by atoms with E-state index in [0.29, 0.717) is 31.1 Å².